The summed E-state index contributed by atoms with van der Waals surface area (Å²) in [5, 5.41) is 22.0. The van der Waals surface area contributed by atoms with E-state index in [1.165, 1.54) is 12.1 Å². The van der Waals surface area contributed by atoms with Crippen LogP contribution in [-0.2, 0) is 4.79 Å². The first kappa shape index (κ1) is 21.3. The average Bonchev–Trinajstić information content (AvgIpc) is 3.38. The van der Waals surface area contributed by atoms with Gasteiger partial charge in [0, 0.05) is 54.6 Å². The topological polar surface area (TPSA) is 105 Å². The highest BCUT2D eigenvalue weighted by Gasteiger charge is 2.42. The number of allylic oxidation sites excluding steroid dienone is 3. The van der Waals surface area contributed by atoms with Crippen LogP contribution < -0.4 is 4.90 Å². The Bertz CT molecular complexity index is 1400. The fourth-order valence-corrected chi connectivity index (χ4v) is 4.86. The summed E-state index contributed by atoms with van der Waals surface area (Å²) in [4.78, 5) is 30.6. The van der Waals surface area contributed by atoms with Crippen molar-refractivity contribution >= 4 is 23.0 Å². The number of nitriles is 1. The Morgan fingerprint density at radius 3 is 2.65 bits per heavy atom. The molecule has 8 nitrogen and oxygen atoms in total. The lowest BCUT2D eigenvalue weighted by molar-refractivity contribution is -0.384. The number of non-ortho nitro benzene ring substituents is 1. The van der Waals surface area contributed by atoms with E-state index in [9.17, 15) is 20.2 Å². The molecule has 3 aromatic rings. The Morgan fingerprint density at radius 1 is 1.18 bits per heavy atom. The third-order valence-corrected chi connectivity index (χ3v) is 6.36. The summed E-state index contributed by atoms with van der Waals surface area (Å²) >= 11 is 0. The zero-order valence-electron chi connectivity index (χ0n) is 18.5. The molecule has 168 valence electrons. The summed E-state index contributed by atoms with van der Waals surface area (Å²) in [7, 11) is 0. The van der Waals surface area contributed by atoms with E-state index in [0.29, 0.717) is 41.9 Å². The van der Waals surface area contributed by atoms with Crippen molar-refractivity contribution in [3.8, 4) is 6.07 Å². The Balaban J connectivity index is 1.87. The van der Waals surface area contributed by atoms with E-state index in [4.69, 9.17) is 0 Å². The Morgan fingerprint density at radius 2 is 1.97 bits per heavy atom. The van der Waals surface area contributed by atoms with Gasteiger partial charge in [0.25, 0.3) is 5.69 Å². The number of nitrogens with zero attached hydrogens (tertiary/aromatic N) is 5. The number of nitro groups is 1. The van der Waals surface area contributed by atoms with Crippen LogP contribution in [0.15, 0.2) is 84.1 Å². The summed E-state index contributed by atoms with van der Waals surface area (Å²) in [6.45, 7) is 1.87. The molecule has 8 heteroatoms. The first-order valence-electron chi connectivity index (χ1n) is 11.0. The van der Waals surface area contributed by atoms with Gasteiger partial charge in [-0.3, -0.25) is 24.8 Å². The number of hydrogen-bond donors (Lipinski definition) is 0. The lowest BCUT2D eigenvalue weighted by atomic mass is 9.76. The minimum Gasteiger partial charge on any atom is -0.309 e. The first-order chi connectivity index (χ1) is 16.5. The van der Waals surface area contributed by atoms with Crippen LogP contribution >= 0.6 is 0 Å². The van der Waals surface area contributed by atoms with Crippen LogP contribution in [0, 0.1) is 28.4 Å². The number of nitro benzene ring substituents is 1. The van der Waals surface area contributed by atoms with Crippen LogP contribution in [0.4, 0.5) is 11.4 Å². The molecule has 0 bridgehead atoms. The van der Waals surface area contributed by atoms with Gasteiger partial charge in [0.2, 0.25) is 0 Å². The highest BCUT2D eigenvalue weighted by Crippen LogP contribution is 2.49. The molecule has 1 aliphatic carbocycles. The molecule has 0 spiro atoms. The highest BCUT2D eigenvalue weighted by atomic mass is 16.6. The number of rotatable bonds is 4. The van der Waals surface area contributed by atoms with Gasteiger partial charge in [-0.05, 0) is 49.1 Å². The largest absolute Gasteiger partial charge is 0.309 e. The van der Waals surface area contributed by atoms with Crippen molar-refractivity contribution in [3.05, 3.63) is 105 Å². The molecule has 0 saturated heterocycles. The number of ketones is 1. The molecule has 0 N–H and O–H groups in total. The maximum Gasteiger partial charge on any atom is 0.271 e. The van der Waals surface area contributed by atoms with Crippen LogP contribution in [0.2, 0.25) is 0 Å². The van der Waals surface area contributed by atoms with Crippen molar-refractivity contribution in [2.75, 3.05) is 4.90 Å². The molecule has 0 radical (unpaired) electrons. The number of aromatic nitrogens is 2. The maximum absolute atomic E-state index is 13.4. The van der Waals surface area contributed by atoms with Gasteiger partial charge in [-0.2, -0.15) is 5.26 Å². The second-order valence-corrected chi connectivity index (χ2v) is 8.36. The summed E-state index contributed by atoms with van der Waals surface area (Å²) in [5.41, 5.74) is 3.83. The van der Waals surface area contributed by atoms with Gasteiger partial charge in [0.15, 0.2) is 5.78 Å². The molecule has 5 rings (SSSR count). The number of carbonyl (C=O) groups excluding carboxylic acids is 1. The van der Waals surface area contributed by atoms with Gasteiger partial charge in [0.1, 0.15) is 5.82 Å². The predicted molar refractivity (Wildman–Crippen MR) is 126 cm³/mol. The molecule has 1 aromatic carbocycles. The highest BCUT2D eigenvalue weighted by molar-refractivity contribution is 6.03. The minimum absolute atomic E-state index is 0.0116. The molecular formula is C26H21N5O3. The molecular weight excluding hydrogens is 430 g/mol. The zero-order valence-corrected chi connectivity index (χ0v) is 18.5. The van der Waals surface area contributed by atoms with E-state index in [2.05, 4.69) is 11.1 Å². The smallest absolute Gasteiger partial charge is 0.271 e. The number of carbonyl (C=O) groups is 1. The van der Waals surface area contributed by atoms with Gasteiger partial charge in [-0.1, -0.05) is 12.1 Å². The first-order valence-corrected chi connectivity index (χ1v) is 11.0. The van der Waals surface area contributed by atoms with E-state index in [0.717, 1.165) is 16.8 Å². The SMILES string of the molecule is Cc1ccc([N+](=O)[O-])cc1N1C2=C(C(=O)CCC2)C(c2cccnc2)C(C#N)=C1n1cccc1. The quantitative estimate of drug-likeness (QED) is 0.403. The summed E-state index contributed by atoms with van der Waals surface area (Å²) in [5.74, 6) is -0.00458. The van der Waals surface area contributed by atoms with Gasteiger partial charge in [-0.15, -0.1) is 0 Å². The number of benzene rings is 1. The molecule has 0 saturated carbocycles. The molecule has 1 aliphatic heterocycles. The third-order valence-electron chi connectivity index (χ3n) is 6.36. The van der Waals surface area contributed by atoms with Crippen LogP contribution in [-0.4, -0.2) is 20.3 Å². The van der Waals surface area contributed by atoms with Crippen LogP contribution in [0.5, 0.6) is 0 Å². The summed E-state index contributed by atoms with van der Waals surface area (Å²) in [6, 6.07) is 14.4. The standard InChI is InChI=1S/C26H21N5O3/c1-17-9-10-19(31(33)34)14-22(17)30-21-7-4-8-23(32)25(21)24(18-6-5-11-28-16-18)20(15-27)26(30)29-12-2-3-13-29/h2-3,5-6,9-14,16,24H,4,7-8H2,1H3. The van der Waals surface area contributed by atoms with Crippen LogP contribution in [0.1, 0.15) is 36.3 Å². The Kier molecular flexibility index (Phi) is 5.30. The monoisotopic (exact) mass is 451 g/mol. The van der Waals surface area contributed by atoms with Crippen molar-refractivity contribution in [3.63, 3.8) is 0 Å². The van der Waals surface area contributed by atoms with Crippen molar-refractivity contribution in [2.45, 2.75) is 32.1 Å². The van der Waals surface area contributed by atoms with Gasteiger partial charge >= 0.3 is 0 Å². The Labute approximate surface area is 196 Å². The molecule has 2 aromatic heterocycles. The number of pyridine rings is 1. The lowest BCUT2D eigenvalue weighted by Gasteiger charge is -2.41. The van der Waals surface area contributed by atoms with Gasteiger partial charge < -0.3 is 4.57 Å². The van der Waals surface area contributed by atoms with E-state index in [1.54, 1.807) is 24.5 Å². The third kappa shape index (κ3) is 3.39. The van der Waals surface area contributed by atoms with Crippen LogP contribution in [0.3, 0.4) is 0 Å². The average molecular weight is 451 g/mol. The normalized spacial score (nSPS) is 18.1. The maximum atomic E-state index is 13.4. The van der Waals surface area contributed by atoms with Crippen molar-refractivity contribution in [2.24, 2.45) is 0 Å². The molecule has 2 aliphatic rings. The fraction of sp³-hybridized carbons (Fsp3) is 0.192. The van der Waals surface area contributed by atoms with E-state index in [-0.39, 0.29) is 11.5 Å². The lowest BCUT2D eigenvalue weighted by Crippen LogP contribution is -2.37. The fourth-order valence-electron chi connectivity index (χ4n) is 4.86. The molecule has 1 atom stereocenters. The second kappa shape index (κ2) is 8.45. The second-order valence-electron chi connectivity index (χ2n) is 8.36. The number of hydrogen-bond acceptors (Lipinski definition) is 6. The molecule has 0 amide bonds. The molecule has 34 heavy (non-hydrogen) atoms. The van der Waals surface area contributed by atoms with Crippen LogP contribution in [0.25, 0.3) is 5.82 Å². The Hall–Kier alpha value is -4.51. The number of aryl methyl sites for hydroxylation is 1. The van der Waals surface area contributed by atoms with E-state index < -0.39 is 10.8 Å². The summed E-state index contributed by atoms with van der Waals surface area (Å²) in [6.07, 6.45) is 8.70. The van der Waals surface area contributed by atoms with Crippen molar-refractivity contribution in [1.29, 1.82) is 5.26 Å². The predicted octanol–water partition coefficient (Wildman–Crippen LogP) is 5.10. The number of Topliss-reactive ketones (excluding diaryl/α,β-unsaturated/α-hetero) is 1. The summed E-state index contributed by atoms with van der Waals surface area (Å²) < 4.78 is 1.84. The minimum atomic E-state index is -0.561. The van der Waals surface area contributed by atoms with Gasteiger partial charge in [-0.25, -0.2) is 0 Å². The zero-order chi connectivity index (χ0) is 23.8. The number of anilines is 1. The van der Waals surface area contributed by atoms with Gasteiger partial charge in [0.05, 0.1) is 28.2 Å². The van der Waals surface area contributed by atoms with Crippen molar-refractivity contribution < 1.29 is 9.72 Å². The molecule has 3 heterocycles. The molecule has 0 fully saturated rings. The van der Waals surface area contributed by atoms with E-state index in [1.807, 2.05) is 47.0 Å². The molecule has 1 unspecified atom stereocenters. The van der Waals surface area contributed by atoms with Crippen molar-refractivity contribution in [1.82, 2.24) is 9.55 Å². The van der Waals surface area contributed by atoms with E-state index >= 15 is 0 Å².